The molecule has 4 N–H and O–H groups in total. The lowest BCUT2D eigenvalue weighted by atomic mass is 10.0. The molecule has 5 heterocycles. The highest BCUT2D eigenvalue weighted by molar-refractivity contribution is 6.01. The number of anilines is 3. The summed E-state index contributed by atoms with van der Waals surface area (Å²) >= 11 is 0. The van der Waals surface area contributed by atoms with Crippen molar-refractivity contribution in [1.82, 2.24) is 35.3 Å². The molecular formula is C60H55ClN10O6. The van der Waals surface area contributed by atoms with E-state index < -0.39 is 0 Å². The summed E-state index contributed by atoms with van der Waals surface area (Å²) in [6.07, 6.45) is 4.95. The Morgan fingerprint density at radius 3 is 1.52 bits per heavy atom. The molecule has 0 saturated heterocycles. The van der Waals surface area contributed by atoms with Gasteiger partial charge in [-0.1, -0.05) is 115 Å². The van der Waals surface area contributed by atoms with Crippen LogP contribution >= 0.6 is 12.4 Å². The Labute approximate surface area is 451 Å². The van der Waals surface area contributed by atoms with E-state index >= 15 is 0 Å². The average molecular weight is 1050 g/mol. The van der Waals surface area contributed by atoms with Crippen LogP contribution in [0.2, 0.25) is 0 Å². The second kappa shape index (κ2) is 26.0. The van der Waals surface area contributed by atoms with Gasteiger partial charge in [0.1, 0.15) is 57.2 Å². The van der Waals surface area contributed by atoms with E-state index in [0.29, 0.717) is 53.0 Å². The molecule has 388 valence electrons. The molecule has 0 unspecified atom stereocenters. The van der Waals surface area contributed by atoms with Gasteiger partial charge in [-0.3, -0.25) is 4.98 Å². The number of ether oxygens (including phenoxy) is 6. The molecule has 0 amide bonds. The van der Waals surface area contributed by atoms with Crippen LogP contribution in [0.3, 0.4) is 0 Å². The van der Waals surface area contributed by atoms with E-state index in [0.717, 1.165) is 84.0 Å². The number of hydrogen-bond donors (Lipinski definition) is 3. The number of benzene rings is 6. The minimum absolute atomic E-state index is 0. The van der Waals surface area contributed by atoms with E-state index in [1.54, 1.807) is 60.2 Å². The molecule has 11 aromatic rings. The summed E-state index contributed by atoms with van der Waals surface area (Å²) in [5, 5.41) is 28.7. The first kappa shape index (κ1) is 53.6. The Morgan fingerprint density at radius 2 is 0.961 bits per heavy atom. The number of hydrogen-bond acceptors (Lipinski definition) is 16. The zero-order valence-electron chi connectivity index (χ0n) is 42.9. The third kappa shape index (κ3) is 12.8. The minimum atomic E-state index is 0. The molecule has 0 atom stereocenters. The summed E-state index contributed by atoms with van der Waals surface area (Å²) in [4.78, 5) is 13.3. The van der Waals surface area contributed by atoms with Crippen molar-refractivity contribution in [2.45, 2.75) is 13.1 Å². The Hall–Kier alpha value is -9.64. The van der Waals surface area contributed by atoms with Crippen LogP contribution in [0.15, 0.2) is 188 Å². The number of aromatic nitrogens is 7. The Bertz CT molecular complexity index is 3710. The first-order chi connectivity index (χ1) is 37.4. The molecule has 0 radical (unpaired) electrons. The van der Waals surface area contributed by atoms with Crippen LogP contribution in [0.1, 0.15) is 11.1 Å². The van der Waals surface area contributed by atoms with E-state index in [1.807, 2.05) is 152 Å². The molecule has 0 bridgehead atoms. The summed E-state index contributed by atoms with van der Waals surface area (Å²) in [7, 11) is 8.13. The predicted octanol–water partition coefficient (Wildman–Crippen LogP) is 12.7. The highest BCUT2D eigenvalue weighted by Gasteiger charge is 2.15. The molecule has 0 fully saturated rings. The molecule has 0 spiro atoms. The van der Waals surface area contributed by atoms with Crippen LogP contribution in [0, 0.1) is 0 Å². The van der Waals surface area contributed by atoms with Crippen molar-refractivity contribution >= 4 is 62.4 Å². The number of methoxy groups -OCH3 is 5. The zero-order chi connectivity index (χ0) is 52.6. The van der Waals surface area contributed by atoms with E-state index in [-0.39, 0.29) is 12.4 Å². The van der Waals surface area contributed by atoms with E-state index in [2.05, 4.69) is 58.1 Å². The largest absolute Gasteiger partial charge is 0.497 e. The molecule has 77 heavy (non-hydrogen) atoms. The highest BCUT2D eigenvalue weighted by Crippen LogP contribution is 2.34. The number of nitrogens with zero attached hydrogens (tertiary/aromatic N) is 7. The van der Waals surface area contributed by atoms with Crippen molar-refractivity contribution in [1.29, 1.82) is 0 Å². The molecule has 16 nitrogen and oxygen atoms in total. The summed E-state index contributed by atoms with van der Waals surface area (Å²) < 4.78 is 32.2. The number of halogens is 1. The van der Waals surface area contributed by atoms with Gasteiger partial charge in [-0.25, -0.2) is 9.97 Å². The average Bonchev–Trinajstić information content (AvgIpc) is 3.49. The molecule has 0 aliphatic heterocycles. The minimum Gasteiger partial charge on any atom is -0.497 e. The van der Waals surface area contributed by atoms with E-state index in [1.165, 1.54) is 0 Å². The van der Waals surface area contributed by atoms with Crippen molar-refractivity contribution in [3.8, 4) is 62.8 Å². The van der Waals surface area contributed by atoms with E-state index in [4.69, 9.17) is 34.2 Å². The van der Waals surface area contributed by atoms with Gasteiger partial charge in [-0.05, 0) is 30.3 Å². The fraction of sp³-hybridized carbons (Fsp3) is 0.117. The monoisotopic (exact) mass is 1050 g/mol. The van der Waals surface area contributed by atoms with Crippen LogP contribution in [0.4, 0.5) is 17.5 Å². The normalized spacial score (nSPS) is 10.5. The third-order valence-electron chi connectivity index (χ3n) is 12.1. The topological polar surface area (TPSA) is 196 Å². The number of rotatable bonds is 15. The van der Waals surface area contributed by atoms with Crippen molar-refractivity contribution in [2.24, 2.45) is 5.73 Å². The van der Waals surface area contributed by atoms with Gasteiger partial charge in [-0.2, -0.15) is 0 Å². The SMILES string of the molecule is COc1ccc(CN)c(OC)c1.COc1ccc(CNc2nnc(-c3ccccc3)c3ccccc23)c(OC)c1.COc1cnc2c(Oc3ccc(Nc4nnc(-c5ccccc5)c5ccccc45)nc3)ccnc2c1.Cl. The van der Waals surface area contributed by atoms with Crippen LogP contribution in [-0.4, -0.2) is 70.9 Å². The molecule has 0 aliphatic carbocycles. The van der Waals surface area contributed by atoms with Crippen LogP contribution < -0.4 is 44.8 Å². The summed E-state index contributed by atoms with van der Waals surface area (Å²) in [5.41, 5.74) is 12.6. The van der Waals surface area contributed by atoms with Gasteiger partial charge in [0.15, 0.2) is 17.4 Å². The van der Waals surface area contributed by atoms with Crippen molar-refractivity contribution < 1.29 is 28.4 Å². The molecular weight excluding hydrogens is 992 g/mol. The lowest BCUT2D eigenvalue weighted by Crippen LogP contribution is -2.05. The summed E-state index contributed by atoms with van der Waals surface area (Å²) in [6.45, 7) is 1.05. The van der Waals surface area contributed by atoms with Gasteiger partial charge >= 0.3 is 0 Å². The Morgan fingerprint density at radius 1 is 0.442 bits per heavy atom. The summed E-state index contributed by atoms with van der Waals surface area (Å²) in [5.74, 6) is 6.87. The second-order valence-electron chi connectivity index (χ2n) is 16.7. The fourth-order valence-electron chi connectivity index (χ4n) is 8.19. The maximum atomic E-state index is 6.04. The van der Waals surface area contributed by atoms with Gasteiger partial charge in [0.25, 0.3) is 0 Å². The number of fused-ring (bicyclic) bond motifs is 3. The van der Waals surface area contributed by atoms with Gasteiger partial charge < -0.3 is 44.8 Å². The van der Waals surface area contributed by atoms with Gasteiger partial charge in [-0.15, -0.1) is 32.8 Å². The van der Waals surface area contributed by atoms with Crippen LogP contribution in [0.5, 0.6) is 40.2 Å². The van der Waals surface area contributed by atoms with Crippen molar-refractivity contribution in [3.63, 3.8) is 0 Å². The molecule has 6 aromatic carbocycles. The van der Waals surface area contributed by atoms with Crippen molar-refractivity contribution in [3.05, 3.63) is 200 Å². The third-order valence-corrected chi connectivity index (χ3v) is 12.1. The Balaban J connectivity index is 0.000000170. The Kier molecular flexibility index (Phi) is 18.1. The molecule has 17 heteroatoms. The maximum Gasteiger partial charge on any atom is 0.162 e. The highest BCUT2D eigenvalue weighted by atomic mass is 35.5. The molecule has 0 aliphatic rings. The molecule has 5 aromatic heterocycles. The van der Waals surface area contributed by atoms with E-state index in [9.17, 15) is 0 Å². The maximum absolute atomic E-state index is 6.04. The van der Waals surface area contributed by atoms with Gasteiger partial charge in [0, 0.05) is 87.4 Å². The molecule has 11 rings (SSSR count). The van der Waals surface area contributed by atoms with Crippen LogP contribution in [0.25, 0.3) is 55.1 Å². The standard InChI is InChI=1S/C28H20N6O2.C23H21N3O2.C9H13NO2.ClH/c1-35-20-15-23-27(31-17-20)24(13-14-29-23)36-19-11-12-25(30-16-19)32-28-22-10-6-5-9-21(22)26(33-34-28)18-7-3-2-4-8-18;1-27-18-13-12-17(21(14-18)28-2)15-24-23-20-11-7-6-10-19(20)22(25-26-23)16-8-4-3-5-9-16;1-11-8-4-3-7(6-10)9(5-8)12-2;/h2-17H,1H3,(H,30,32,34);3-14H,15H2,1-2H3,(H,24,26);3-5H,6,10H2,1-2H3;1H. The molecule has 0 saturated carbocycles. The van der Waals surface area contributed by atoms with Gasteiger partial charge in [0.2, 0.25) is 0 Å². The smallest absolute Gasteiger partial charge is 0.162 e. The summed E-state index contributed by atoms with van der Waals surface area (Å²) in [6, 6.07) is 55.0. The first-order valence-electron chi connectivity index (χ1n) is 24.1. The quantitative estimate of drug-likeness (QED) is 0.0876. The van der Waals surface area contributed by atoms with Gasteiger partial charge in [0.05, 0.1) is 53.5 Å². The first-order valence-corrected chi connectivity index (χ1v) is 24.1. The fourth-order valence-corrected chi connectivity index (χ4v) is 8.19. The number of nitrogens with one attached hydrogen (secondary N) is 2. The van der Waals surface area contributed by atoms with Crippen molar-refractivity contribution in [2.75, 3.05) is 46.2 Å². The predicted molar refractivity (Wildman–Crippen MR) is 305 cm³/mol. The lowest BCUT2D eigenvalue weighted by Gasteiger charge is -2.13. The number of pyridine rings is 3. The number of nitrogens with two attached hydrogens (primary N) is 1. The second-order valence-corrected chi connectivity index (χ2v) is 16.7. The lowest BCUT2D eigenvalue weighted by molar-refractivity contribution is 0.391. The van der Waals surface area contributed by atoms with Crippen LogP contribution in [-0.2, 0) is 13.1 Å². The zero-order valence-corrected chi connectivity index (χ0v) is 43.7.